The molecule has 1 N–H and O–H groups in total. The predicted octanol–water partition coefficient (Wildman–Crippen LogP) is 5.44. The van der Waals surface area contributed by atoms with E-state index in [1.807, 2.05) is 0 Å². The lowest BCUT2D eigenvalue weighted by atomic mass is 9.88. The number of rotatable bonds is 9. The third kappa shape index (κ3) is 5.45. The van der Waals surface area contributed by atoms with Crippen LogP contribution in [0.15, 0.2) is 0 Å². The molecule has 1 aliphatic heterocycles. The van der Waals surface area contributed by atoms with Crippen molar-refractivity contribution in [1.82, 2.24) is 5.32 Å². The third-order valence-electron chi connectivity index (χ3n) is 5.40. The highest BCUT2D eigenvalue weighted by molar-refractivity contribution is 4.90. The van der Waals surface area contributed by atoms with Gasteiger partial charge in [-0.25, -0.2) is 0 Å². The fourth-order valence-corrected chi connectivity index (χ4v) is 4.16. The minimum absolute atomic E-state index is 0.861. The van der Waals surface area contributed by atoms with Crippen LogP contribution in [0.5, 0.6) is 0 Å². The largest absolute Gasteiger partial charge is 0.311 e. The Labute approximate surface area is 120 Å². The summed E-state index contributed by atoms with van der Waals surface area (Å²) in [7, 11) is 0. The molecule has 1 heterocycles. The van der Waals surface area contributed by atoms with E-state index in [-0.39, 0.29) is 0 Å². The van der Waals surface area contributed by atoms with Crippen molar-refractivity contribution in [3.05, 3.63) is 0 Å². The summed E-state index contributed by atoms with van der Waals surface area (Å²) in [6.07, 6.45) is 20.5. The summed E-state index contributed by atoms with van der Waals surface area (Å²) in [4.78, 5) is 0. The normalized spacial score (nSPS) is 30.5. The molecule has 0 amide bonds. The zero-order valence-corrected chi connectivity index (χ0v) is 13.1. The Morgan fingerprint density at radius 2 is 1.53 bits per heavy atom. The van der Waals surface area contributed by atoms with Crippen molar-refractivity contribution in [1.29, 1.82) is 0 Å². The van der Waals surface area contributed by atoms with E-state index in [9.17, 15) is 0 Å². The molecule has 1 saturated carbocycles. The zero-order chi connectivity index (χ0) is 13.3. The molecule has 3 unspecified atom stereocenters. The molecule has 2 rings (SSSR count). The van der Waals surface area contributed by atoms with Crippen molar-refractivity contribution in [2.75, 3.05) is 0 Å². The summed E-state index contributed by atoms with van der Waals surface area (Å²) >= 11 is 0. The molecule has 112 valence electrons. The highest BCUT2D eigenvalue weighted by atomic mass is 15.0. The van der Waals surface area contributed by atoms with Gasteiger partial charge in [0, 0.05) is 12.1 Å². The van der Waals surface area contributed by atoms with Gasteiger partial charge in [0.1, 0.15) is 0 Å². The average molecular weight is 265 g/mol. The number of nitrogens with one attached hydrogen (secondary N) is 1. The van der Waals surface area contributed by atoms with Crippen molar-refractivity contribution < 1.29 is 0 Å². The van der Waals surface area contributed by atoms with Crippen molar-refractivity contribution in [3.63, 3.8) is 0 Å². The van der Waals surface area contributed by atoms with Crippen LogP contribution in [0.3, 0.4) is 0 Å². The molecule has 1 nitrogen and oxygen atoms in total. The first kappa shape index (κ1) is 15.4. The highest BCUT2D eigenvalue weighted by Gasteiger charge is 2.32. The van der Waals surface area contributed by atoms with Crippen LogP contribution < -0.4 is 5.32 Å². The van der Waals surface area contributed by atoms with Crippen LogP contribution in [0, 0.1) is 5.92 Å². The van der Waals surface area contributed by atoms with Crippen molar-refractivity contribution in [3.8, 4) is 0 Å². The van der Waals surface area contributed by atoms with Gasteiger partial charge < -0.3 is 5.32 Å². The van der Waals surface area contributed by atoms with Gasteiger partial charge in [-0.2, -0.15) is 0 Å². The summed E-state index contributed by atoms with van der Waals surface area (Å²) in [5.41, 5.74) is 0. The van der Waals surface area contributed by atoms with Gasteiger partial charge in [-0.05, 0) is 38.0 Å². The molecule has 0 radical (unpaired) electrons. The number of hydrogen-bond donors (Lipinski definition) is 1. The monoisotopic (exact) mass is 265 g/mol. The molecule has 2 aliphatic rings. The lowest BCUT2D eigenvalue weighted by Gasteiger charge is -2.33. The van der Waals surface area contributed by atoms with Crippen LogP contribution in [-0.4, -0.2) is 12.1 Å². The first-order valence-corrected chi connectivity index (χ1v) is 9.16. The Balaban J connectivity index is 1.43. The molecular formula is C18H35N. The van der Waals surface area contributed by atoms with E-state index in [0.29, 0.717) is 0 Å². The van der Waals surface area contributed by atoms with Gasteiger partial charge in [0.15, 0.2) is 0 Å². The summed E-state index contributed by atoms with van der Waals surface area (Å²) < 4.78 is 0. The Kier molecular flexibility index (Phi) is 7.27. The molecule has 0 aromatic rings. The number of piperidine rings is 1. The fraction of sp³-hybridized carbons (Fsp3) is 1.00. The molecule has 1 heteroatoms. The second-order valence-corrected chi connectivity index (χ2v) is 7.00. The predicted molar refractivity (Wildman–Crippen MR) is 84.5 cm³/mol. The maximum absolute atomic E-state index is 3.93. The molecule has 3 atom stereocenters. The lowest BCUT2D eigenvalue weighted by Crippen LogP contribution is -2.45. The SMILES string of the molecule is CCCCCCCCCCC1CCC2CCCC2N1. The van der Waals surface area contributed by atoms with Crippen LogP contribution in [0.2, 0.25) is 0 Å². The molecule has 0 aromatic carbocycles. The van der Waals surface area contributed by atoms with Crippen LogP contribution in [0.25, 0.3) is 0 Å². The van der Waals surface area contributed by atoms with E-state index in [0.717, 1.165) is 18.0 Å². The van der Waals surface area contributed by atoms with Gasteiger partial charge >= 0.3 is 0 Å². The minimum Gasteiger partial charge on any atom is -0.311 e. The number of fused-ring (bicyclic) bond motifs is 1. The molecule has 1 saturated heterocycles. The van der Waals surface area contributed by atoms with Gasteiger partial charge in [0.05, 0.1) is 0 Å². The first-order valence-electron chi connectivity index (χ1n) is 9.16. The van der Waals surface area contributed by atoms with Gasteiger partial charge in [0.25, 0.3) is 0 Å². The fourth-order valence-electron chi connectivity index (χ4n) is 4.16. The lowest BCUT2D eigenvalue weighted by molar-refractivity contribution is 0.246. The van der Waals surface area contributed by atoms with Crippen LogP contribution in [-0.2, 0) is 0 Å². The summed E-state index contributed by atoms with van der Waals surface area (Å²) in [6, 6.07) is 1.76. The molecule has 0 spiro atoms. The van der Waals surface area contributed by atoms with E-state index >= 15 is 0 Å². The van der Waals surface area contributed by atoms with E-state index in [1.165, 1.54) is 89.9 Å². The Hall–Kier alpha value is -0.0400. The van der Waals surface area contributed by atoms with Gasteiger partial charge in [-0.15, -0.1) is 0 Å². The highest BCUT2D eigenvalue weighted by Crippen LogP contribution is 2.34. The molecule has 19 heavy (non-hydrogen) atoms. The number of unbranched alkanes of at least 4 members (excludes halogenated alkanes) is 7. The van der Waals surface area contributed by atoms with E-state index in [2.05, 4.69) is 12.2 Å². The average Bonchev–Trinajstić information content (AvgIpc) is 2.89. The smallest absolute Gasteiger partial charge is 0.00979 e. The van der Waals surface area contributed by atoms with Crippen LogP contribution in [0.4, 0.5) is 0 Å². The van der Waals surface area contributed by atoms with Gasteiger partial charge in [-0.3, -0.25) is 0 Å². The molecule has 2 fully saturated rings. The van der Waals surface area contributed by atoms with Gasteiger partial charge in [-0.1, -0.05) is 64.7 Å². The maximum Gasteiger partial charge on any atom is 0.00979 e. The van der Waals surface area contributed by atoms with E-state index in [1.54, 1.807) is 0 Å². The van der Waals surface area contributed by atoms with Crippen molar-refractivity contribution in [2.45, 2.75) is 109 Å². The standard InChI is InChI=1S/C18H35N/c1-2-3-4-5-6-7-8-9-12-17-15-14-16-11-10-13-18(16)19-17/h16-19H,2-15H2,1H3. The quantitative estimate of drug-likeness (QED) is 0.547. The second-order valence-electron chi connectivity index (χ2n) is 7.00. The van der Waals surface area contributed by atoms with Crippen LogP contribution >= 0.6 is 0 Å². The topological polar surface area (TPSA) is 12.0 Å². The number of hydrogen-bond acceptors (Lipinski definition) is 1. The molecular weight excluding hydrogens is 230 g/mol. The van der Waals surface area contributed by atoms with E-state index in [4.69, 9.17) is 0 Å². The summed E-state index contributed by atoms with van der Waals surface area (Å²) in [5, 5.41) is 3.93. The Morgan fingerprint density at radius 3 is 2.32 bits per heavy atom. The molecule has 0 bridgehead atoms. The third-order valence-corrected chi connectivity index (χ3v) is 5.40. The van der Waals surface area contributed by atoms with Crippen molar-refractivity contribution >= 4 is 0 Å². The molecule has 0 aromatic heterocycles. The first-order chi connectivity index (χ1) is 9.40. The second kappa shape index (κ2) is 9.00. The Bertz CT molecular complexity index is 226. The van der Waals surface area contributed by atoms with Crippen molar-refractivity contribution in [2.24, 2.45) is 5.92 Å². The van der Waals surface area contributed by atoms with E-state index < -0.39 is 0 Å². The minimum atomic E-state index is 0.861. The zero-order valence-electron chi connectivity index (χ0n) is 13.1. The maximum atomic E-state index is 3.93. The molecule has 1 aliphatic carbocycles. The van der Waals surface area contributed by atoms with Gasteiger partial charge in [0.2, 0.25) is 0 Å². The summed E-state index contributed by atoms with van der Waals surface area (Å²) in [6.45, 7) is 2.30. The van der Waals surface area contributed by atoms with Crippen LogP contribution in [0.1, 0.15) is 96.8 Å². The summed E-state index contributed by atoms with van der Waals surface area (Å²) in [5.74, 6) is 1.04. The Morgan fingerprint density at radius 1 is 0.789 bits per heavy atom.